The van der Waals surface area contributed by atoms with Crippen LogP contribution in [0.5, 0.6) is 0 Å². The Kier molecular flexibility index (Phi) is 3.99. The van der Waals surface area contributed by atoms with Gasteiger partial charge in [0, 0.05) is 5.75 Å². The first kappa shape index (κ1) is 12.6. The van der Waals surface area contributed by atoms with Crippen LogP contribution in [0.15, 0.2) is 29.3 Å². The van der Waals surface area contributed by atoms with E-state index in [-0.39, 0.29) is 11.5 Å². The first-order valence-electron chi connectivity index (χ1n) is 5.38. The van der Waals surface area contributed by atoms with E-state index in [1.165, 1.54) is 18.9 Å². The van der Waals surface area contributed by atoms with Gasteiger partial charge in [-0.3, -0.25) is 9.79 Å². The fourth-order valence-corrected chi connectivity index (χ4v) is 2.27. The second-order valence-electron chi connectivity index (χ2n) is 3.53. The summed E-state index contributed by atoms with van der Waals surface area (Å²) in [7, 11) is 1.29. The standard InChI is InChI=1S/C12H12N2O3S/c1-17-11(16)9-5-3-2-4-8(9)10(15)14-12-13-6-7-18-12/h2-5H,6-7H2,1H3,(H,13,14,15). The molecular weight excluding hydrogens is 252 g/mol. The predicted molar refractivity (Wildman–Crippen MR) is 70.0 cm³/mol. The summed E-state index contributed by atoms with van der Waals surface area (Å²) in [4.78, 5) is 27.7. The molecule has 0 fully saturated rings. The van der Waals surface area contributed by atoms with Crippen LogP contribution in [0.25, 0.3) is 0 Å². The lowest BCUT2D eigenvalue weighted by molar-refractivity contribution is 0.0596. The van der Waals surface area contributed by atoms with Crippen molar-refractivity contribution in [1.82, 2.24) is 5.32 Å². The third-order valence-corrected chi connectivity index (χ3v) is 3.27. The van der Waals surface area contributed by atoms with Crippen molar-refractivity contribution in [1.29, 1.82) is 0 Å². The number of nitrogens with zero attached hydrogens (tertiary/aromatic N) is 1. The lowest BCUT2D eigenvalue weighted by Gasteiger charge is -2.07. The molecule has 1 heterocycles. The maximum Gasteiger partial charge on any atom is 0.338 e. The molecule has 0 atom stereocenters. The van der Waals surface area contributed by atoms with E-state index in [0.29, 0.717) is 17.3 Å². The Morgan fingerprint density at radius 3 is 2.67 bits per heavy atom. The van der Waals surface area contributed by atoms with Gasteiger partial charge in [-0.2, -0.15) is 0 Å². The molecule has 1 aromatic carbocycles. The number of methoxy groups -OCH3 is 1. The van der Waals surface area contributed by atoms with Gasteiger partial charge in [-0.05, 0) is 12.1 Å². The number of carbonyl (C=O) groups excluding carboxylic acids is 2. The third-order valence-electron chi connectivity index (χ3n) is 2.38. The topological polar surface area (TPSA) is 67.8 Å². The number of thioether (sulfide) groups is 1. The average molecular weight is 264 g/mol. The van der Waals surface area contributed by atoms with Crippen LogP contribution < -0.4 is 5.32 Å². The largest absolute Gasteiger partial charge is 0.465 e. The zero-order chi connectivity index (χ0) is 13.0. The number of rotatable bonds is 2. The maximum atomic E-state index is 12.0. The zero-order valence-electron chi connectivity index (χ0n) is 9.80. The predicted octanol–water partition coefficient (Wildman–Crippen LogP) is 1.31. The van der Waals surface area contributed by atoms with Gasteiger partial charge in [0.05, 0.1) is 24.8 Å². The number of amidine groups is 1. The van der Waals surface area contributed by atoms with Crippen LogP contribution >= 0.6 is 11.8 Å². The van der Waals surface area contributed by atoms with Crippen LogP contribution in [0, 0.1) is 0 Å². The molecule has 18 heavy (non-hydrogen) atoms. The molecule has 2 rings (SSSR count). The molecule has 1 amide bonds. The first-order chi connectivity index (χ1) is 8.72. The number of carbonyl (C=O) groups is 2. The number of hydrogen-bond donors (Lipinski definition) is 1. The Morgan fingerprint density at radius 2 is 2.06 bits per heavy atom. The molecule has 1 N–H and O–H groups in total. The van der Waals surface area contributed by atoms with Gasteiger partial charge in [0.25, 0.3) is 5.91 Å². The Labute approximate surface area is 109 Å². The molecule has 5 nitrogen and oxygen atoms in total. The second kappa shape index (κ2) is 5.68. The molecule has 1 aliphatic heterocycles. The van der Waals surface area contributed by atoms with Crippen LogP contribution in [0.3, 0.4) is 0 Å². The molecule has 0 unspecified atom stereocenters. The van der Waals surface area contributed by atoms with Gasteiger partial charge in [-0.25, -0.2) is 4.79 Å². The van der Waals surface area contributed by atoms with Crippen LogP contribution in [0.1, 0.15) is 20.7 Å². The van der Waals surface area contributed by atoms with Crippen molar-refractivity contribution in [3.8, 4) is 0 Å². The fourth-order valence-electron chi connectivity index (χ4n) is 1.54. The normalized spacial score (nSPS) is 13.9. The summed E-state index contributed by atoms with van der Waals surface area (Å²) in [5.74, 6) is -0.000217. The summed E-state index contributed by atoms with van der Waals surface area (Å²) < 4.78 is 4.64. The highest BCUT2D eigenvalue weighted by atomic mass is 32.2. The van der Waals surface area contributed by atoms with Crippen molar-refractivity contribution in [2.24, 2.45) is 4.99 Å². The number of amides is 1. The molecule has 94 valence electrons. The van der Waals surface area contributed by atoms with E-state index >= 15 is 0 Å². The van der Waals surface area contributed by atoms with Gasteiger partial charge in [0.15, 0.2) is 5.17 Å². The van der Waals surface area contributed by atoms with Gasteiger partial charge >= 0.3 is 5.97 Å². The highest BCUT2D eigenvalue weighted by Gasteiger charge is 2.19. The Hall–Kier alpha value is -1.82. The Bertz CT molecular complexity index is 514. The fraction of sp³-hybridized carbons (Fsp3) is 0.250. The molecule has 0 saturated carbocycles. The monoisotopic (exact) mass is 264 g/mol. The van der Waals surface area contributed by atoms with Crippen molar-refractivity contribution < 1.29 is 14.3 Å². The van der Waals surface area contributed by atoms with Crippen LogP contribution in [0.4, 0.5) is 0 Å². The van der Waals surface area contributed by atoms with Gasteiger partial charge < -0.3 is 10.1 Å². The minimum atomic E-state index is -0.526. The molecule has 0 aromatic heterocycles. The summed E-state index contributed by atoms with van der Waals surface area (Å²) in [6, 6.07) is 6.53. The van der Waals surface area contributed by atoms with E-state index in [1.807, 2.05) is 0 Å². The van der Waals surface area contributed by atoms with E-state index < -0.39 is 5.97 Å². The van der Waals surface area contributed by atoms with Crippen LogP contribution in [-0.4, -0.2) is 36.5 Å². The van der Waals surface area contributed by atoms with E-state index in [1.54, 1.807) is 24.3 Å². The smallest absolute Gasteiger partial charge is 0.338 e. The van der Waals surface area contributed by atoms with Crippen molar-refractivity contribution in [3.63, 3.8) is 0 Å². The van der Waals surface area contributed by atoms with Crippen LogP contribution in [0.2, 0.25) is 0 Å². The summed E-state index contributed by atoms with van der Waals surface area (Å²) >= 11 is 1.49. The molecule has 0 bridgehead atoms. The number of ether oxygens (including phenoxy) is 1. The summed E-state index contributed by atoms with van der Waals surface area (Å²) in [5.41, 5.74) is 0.542. The molecule has 0 radical (unpaired) electrons. The number of benzene rings is 1. The number of esters is 1. The van der Waals surface area contributed by atoms with Crippen molar-refractivity contribution in [2.45, 2.75) is 0 Å². The molecular formula is C12H12N2O3S. The molecule has 0 saturated heterocycles. The number of aliphatic imine (C=N–C) groups is 1. The number of nitrogens with one attached hydrogen (secondary N) is 1. The Morgan fingerprint density at radius 1 is 1.33 bits per heavy atom. The number of hydrogen-bond acceptors (Lipinski definition) is 5. The van der Waals surface area contributed by atoms with E-state index in [4.69, 9.17) is 0 Å². The third kappa shape index (κ3) is 2.70. The molecule has 0 aliphatic carbocycles. The van der Waals surface area contributed by atoms with Crippen molar-refractivity contribution >= 4 is 28.8 Å². The molecule has 1 aliphatic rings. The van der Waals surface area contributed by atoms with Gasteiger partial charge in [-0.15, -0.1) is 0 Å². The zero-order valence-corrected chi connectivity index (χ0v) is 10.6. The van der Waals surface area contributed by atoms with Crippen molar-refractivity contribution in [3.05, 3.63) is 35.4 Å². The highest BCUT2D eigenvalue weighted by Crippen LogP contribution is 2.13. The van der Waals surface area contributed by atoms with Gasteiger partial charge in [-0.1, -0.05) is 23.9 Å². The quantitative estimate of drug-likeness (QED) is 0.818. The minimum Gasteiger partial charge on any atom is -0.465 e. The second-order valence-corrected chi connectivity index (χ2v) is 4.61. The maximum absolute atomic E-state index is 12.0. The summed E-state index contributed by atoms with van der Waals surface area (Å²) in [5, 5.41) is 3.28. The van der Waals surface area contributed by atoms with E-state index in [9.17, 15) is 9.59 Å². The highest BCUT2D eigenvalue weighted by molar-refractivity contribution is 8.14. The minimum absolute atomic E-state index is 0.251. The van der Waals surface area contributed by atoms with E-state index in [2.05, 4.69) is 15.0 Å². The molecule has 1 aromatic rings. The molecule has 6 heteroatoms. The Balaban J connectivity index is 2.21. The summed E-state index contributed by atoms with van der Waals surface area (Å²) in [6.45, 7) is 0.707. The van der Waals surface area contributed by atoms with E-state index in [0.717, 1.165) is 5.75 Å². The molecule has 0 spiro atoms. The SMILES string of the molecule is COC(=O)c1ccccc1C(=O)NC1=NCCS1. The summed E-state index contributed by atoms with van der Waals surface area (Å²) in [6.07, 6.45) is 0. The van der Waals surface area contributed by atoms with Crippen molar-refractivity contribution in [2.75, 3.05) is 19.4 Å². The lowest BCUT2D eigenvalue weighted by Crippen LogP contribution is -2.29. The average Bonchev–Trinajstić information content (AvgIpc) is 2.90. The van der Waals surface area contributed by atoms with Gasteiger partial charge in [0.2, 0.25) is 0 Å². The van der Waals surface area contributed by atoms with Gasteiger partial charge in [0.1, 0.15) is 0 Å². The van der Waals surface area contributed by atoms with Crippen LogP contribution in [-0.2, 0) is 4.74 Å². The first-order valence-corrected chi connectivity index (χ1v) is 6.37. The lowest BCUT2D eigenvalue weighted by atomic mass is 10.1.